The molecular weight excluding hydrogens is 306 g/mol. The van der Waals surface area contributed by atoms with Crippen molar-refractivity contribution >= 4 is 17.2 Å². The fraction of sp³-hybridized carbons (Fsp3) is 0.444. The van der Waals surface area contributed by atoms with Gasteiger partial charge in [-0.05, 0) is 25.5 Å². The van der Waals surface area contributed by atoms with Crippen LogP contribution in [0, 0.1) is 0 Å². The minimum atomic E-state index is 0.0694. The van der Waals surface area contributed by atoms with E-state index < -0.39 is 0 Å². The third-order valence-corrected chi connectivity index (χ3v) is 4.68. The molecule has 0 bridgehead atoms. The van der Waals surface area contributed by atoms with Crippen LogP contribution in [-0.2, 0) is 17.8 Å². The molecule has 1 N–H and O–H groups in total. The number of aryl methyl sites for hydroxylation is 1. The van der Waals surface area contributed by atoms with Crippen LogP contribution in [0.15, 0.2) is 29.6 Å². The van der Waals surface area contributed by atoms with E-state index in [0.717, 1.165) is 29.2 Å². The van der Waals surface area contributed by atoms with Gasteiger partial charge in [-0.3, -0.25) is 9.69 Å². The smallest absolute Gasteiger partial charge is 0.234 e. The van der Waals surface area contributed by atoms with Gasteiger partial charge in [0, 0.05) is 24.0 Å². The van der Waals surface area contributed by atoms with Crippen LogP contribution in [0.3, 0.4) is 0 Å². The topological polar surface area (TPSA) is 45.2 Å². The molecule has 2 rings (SSSR count). The first-order valence-electron chi connectivity index (χ1n) is 8.19. The molecule has 0 unspecified atom stereocenters. The van der Waals surface area contributed by atoms with Crippen molar-refractivity contribution in [3.63, 3.8) is 0 Å². The molecule has 2 aromatic rings. The van der Waals surface area contributed by atoms with E-state index in [1.807, 2.05) is 6.92 Å². The summed E-state index contributed by atoms with van der Waals surface area (Å²) in [5.74, 6) is 0.0694. The lowest BCUT2D eigenvalue weighted by molar-refractivity contribution is -0.122. The summed E-state index contributed by atoms with van der Waals surface area (Å²) in [6, 6.07) is 8.58. The molecule has 1 amide bonds. The van der Waals surface area contributed by atoms with Crippen LogP contribution in [0.5, 0.6) is 0 Å². The number of rotatable bonds is 8. The van der Waals surface area contributed by atoms with Gasteiger partial charge in [-0.25, -0.2) is 4.98 Å². The van der Waals surface area contributed by atoms with Crippen LogP contribution < -0.4 is 5.32 Å². The average Bonchev–Trinajstić information content (AvgIpc) is 3.03. The highest BCUT2D eigenvalue weighted by molar-refractivity contribution is 7.13. The van der Waals surface area contributed by atoms with Gasteiger partial charge in [0.15, 0.2) is 0 Å². The second-order valence-electron chi connectivity index (χ2n) is 5.45. The molecule has 0 aliphatic heterocycles. The zero-order chi connectivity index (χ0) is 16.7. The Morgan fingerprint density at radius 2 is 1.96 bits per heavy atom. The second kappa shape index (κ2) is 8.79. The van der Waals surface area contributed by atoms with Crippen molar-refractivity contribution in [3.05, 3.63) is 40.9 Å². The van der Waals surface area contributed by atoms with Crippen molar-refractivity contribution in [2.24, 2.45) is 0 Å². The van der Waals surface area contributed by atoms with Gasteiger partial charge in [0.05, 0.1) is 12.2 Å². The van der Waals surface area contributed by atoms with E-state index >= 15 is 0 Å². The van der Waals surface area contributed by atoms with Crippen LogP contribution in [0.2, 0.25) is 0 Å². The van der Waals surface area contributed by atoms with Crippen molar-refractivity contribution < 1.29 is 4.79 Å². The van der Waals surface area contributed by atoms with Gasteiger partial charge in [0.1, 0.15) is 5.01 Å². The van der Waals surface area contributed by atoms with Gasteiger partial charge in [0.25, 0.3) is 0 Å². The Balaban J connectivity index is 2.01. The standard InChI is InChI=1S/C18H25N3OS/c1-4-14-7-9-15(10-8-14)18-20-16(13-23-18)11-21(6-3)12-17(22)19-5-2/h7-10,13H,4-6,11-12H2,1-3H3,(H,19,22). The molecule has 0 saturated carbocycles. The molecular formula is C18H25N3OS. The SMILES string of the molecule is CCNC(=O)CN(CC)Cc1csc(-c2ccc(CC)cc2)n1. The van der Waals surface area contributed by atoms with E-state index in [0.29, 0.717) is 19.6 Å². The molecule has 0 atom stereocenters. The number of amides is 1. The highest BCUT2D eigenvalue weighted by Gasteiger charge is 2.12. The summed E-state index contributed by atoms with van der Waals surface area (Å²) in [7, 11) is 0. The predicted octanol–water partition coefficient (Wildman–Crippen LogP) is 3.33. The monoisotopic (exact) mass is 331 g/mol. The summed E-state index contributed by atoms with van der Waals surface area (Å²) in [5.41, 5.74) is 3.52. The maximum Gasteiger partial charge on any atom is 0.234 e. The summed E-state index contributed by atoms with van der Waals surface area (Å²) in [5, 5.41) is 5.96. The zero-order valence-electron chi connectivity index (χ0n) is 14.1. The van der Waals surface area contributed by atoms with Gasteiger partial charge < -0.3 is 5.32 Å². The highest BCUT2D eigenvalue weighted by atomic mass is 32.1. The van der Waals surface area contributed by atoms with Crippen LogP contribution in [0.4, 0.5) is 0 Å². The van der Waals surface area contributed by atoms with Gasteiger partial charge in [0.2, 0.25) is 5.91 Å². The largest absolute Gasteiger partial charge is 0.355 e. The molecule has 23 heavy (non-hydrogen) atoms. The third-order valence-electron chi connectivity index (χ3n) is 3.73. The van der Waals surface area contributed by atoms with E-state index in [1.165, 1.54) is 5.56 Å². The minimum absolute atomic E-state index is 0.0694. The van der Waals surface area contributed by atoms with Crippen molar-refractivity contribution in [3.8, 4) is 10.6 Å². The van der Waals surface area contributed by atoms with E-state index in [9.17, 15) is 4.79 Å². The zero-order valence-corrected chi connectivity index (χ0v) is 14.9. The number of nitrogens with zero attached hydrogens (tertiary/aromatic N) is 2. The molecule has 0 spiro atoms. The Morgan fingerprint density at radius 1 is 1.22 bits per heavy atom. The van der Waals surface area contributed by atoms with E-state index in [-0.39, 0.29) is 5.91 Å². The van der Waals surface area contributed by atoms with Gasteiger partial charge in [-0.2, -0.15) is 0 Å². The number of hydrogen-bond donors (Lipinski definition) is 1. The first-order chi connectivity index (χ1) is 11.2. The molecule has 1 heterocycles. The maximum atomic E-state index is 11.7. The van der Waals surface area contributed by atoms with E-state index in [2.05, 4.69) is 53.7 Å². The fourth-order valence-corrected chi connectivity index (χ4v) is 3.18. The Kier molecular flexibility index (Phi) is 6.74. The Morgan fingerprint density at radius 3 is 2.57 bits per heavy atom. The number of hydrogen-bond acceptors (Lipinski definition) is 4. The van der Waals surface area contributed by atoms with Crippen molar-refractivity contribution in [1.82, 2.24) is 15.2 Å². The summed E-state index contributed by atoms with van der Waals surface area (Å²) >= 11 is 1.66. The molecule has 1 aromatic heterocycles. The molecule has 0 aliphatic rings. The molecule has 0 aliphatic carbocycles. The molecule has 0 saturated heterocycles. The van der Waals surface area contributed by atoms with Gasteiger partial charge in [-0.15, -0.1) is 11.3 Å². The first-order valence-corrected chi connectivity index (χ1v) is 9.07. The Hall–Kier alpha value is -1.72. The molecule has 124 valence electrons. The molecule has 5 heteroatoms. The second-order valence-corrected chi connectivity index (χ2v) is 6.31. The predicted molar refractivity (Wildman–Crippen MR) is 96.6 cm³/mol. The number of nitrogens with one attached hydrogen (secondary N) is 1. The third kappa shape index (κ3) is 5.15. The summed E-state index contributed by atoms with van der Waals surface area (Å²) in [4.78, 5) is 18.5. The normalized spacial score (nSPS) is 11.0. The number of benzene rings is 1. The highest BCUT2D eigenvalue weighted by Crippen LogP contribution is 2.24. The number of carbonyl (C=O) groups excluding carboxylic acids is 1. The Bertz CT molecular complexity index is 621. The average molecular weight is 331 g/mol. The lowest BCUT2D eigenvalue weighted by atomic mass is 10.1. The Labute approximate surface area is 142 Å². The van der Waals surface area contributed by atoms with Crippen molar-refractivity contribution in [1.29, 1.82) is 0 Å². The fourth-order valence-electron chi connectivity index (χ4n) is 2.36. The quantitative estimate of drug-likeness (QED) is 0.807. The number of aromatic nitrogens is 1. The van der Waals surface area contributed by atoms with Crippen LogP contribution in [0.1, 0.15) is 32.0 Å². The summed E-state index contributed by atoms with van der Waals surface area (Å²) in [6.45, 7) is 8.78. The summed E-state index contributed by atoms with van der Waals surface area (Å²) < 4.78 is 0. The van der Waals surface area contributed by atoms with E-state index in [1.54, 1.807) is 11.3 Å². The van der Waals surface area contributed by atoms with Crippen LogP contribution >= 0.6 is 11.3 Å². The molecule has 0 fully saturated rings. The van der Waals surface area contributed by atoms with E-state index in [4.69, 9.17) is 4.98 Å². The maximum absolute atomic E-state index is 11.7. The van der Waals surface area contributed by atoms with Crippen LogP contribution in [0.25, 0.3) is 10.6 Å². The first kappa shape index (κ1) is 17.6. The number of likely N-dealkylation sites (N-methyl/N-ethyl adjacent to an activating group) is 2. The van der Waals surface area contributed by atoms with Crippen molar-refractivity contribution in [2.75, 3.05) is 19.6 Å². The molecule has 1 aromatic carbocycles. The number of thiazole rings is 1. The van der Waals surface area contributed by atoms with Crippen molar-refractivity contribution in [2.45, 2.75) is 33.7 Å². The summed E-state index contributed by atoms with van der Waals surface area (Å²) in [6.07, 6.45) is 1.05. The number of carbonyl (C=O) groups is 1. The lowest BCUT2D eigenvalue weighted by Gasteiger charge is -2.18. The lowest BCUT2D eigenvalue weighted by Crippen LogP contribution is -2.36. The minimum Gasteiger partial charge on any atom is -0.355 e. The molecule has 0 radical (unpaired) electrons. The molecule has 4 nitrogen and oxygen atoms in total. The van der Waals surface area contributed by atoms with Crippen LogP contribution in [-0.4, -0.2) is 35.4 Å². The van der Waals surface area contributed by atoms with Gasteiger partial charge in [-0.1, -0.05) is 38.1 Å². The van der Waals surface area contributed by atoms with Gasteiger partial charge >= 0.3 is 0 Å².